The standard InChI is InChI=1S/C12H9ClN4OS2/c1-5-10(20-12(14)16-5)11(18)17-8-6(13)2-3-7-9(8)15-4-19-7/h2-4H,1H3,(H2,14,16)(H,17,18). The maximum atomic E-state index is 12.3. The number of hydrogen-bond acceptors (Lipinski definition) is 6. The van der Waals surface area contributed by atoms with Crippen molar-refractivity contribution in [2.45, 2.75) is 6.92 Å². The van der Waals surface area contributed by atoms with Gasteiger partial charge in [0.1, 0.15) is 10.4 Å². The minimum Gasteiger partial charge on any atom is -0.375 e. The Kier molecular flexibility index (Phi) is 3.33. The second kappa shape index (κ2) is 5.01. The van der Waals surface area contributed by atoms with Gasteiger partial charge in [-0.25, -0.2) is 9.97 Å². The Labute approximate surface area is 127 Å². The highest BCUT2D eigenvalue weighted by molar-refractivity contribution is 7.17. The molecule has 0 bridgehead atoms. The monoisotopic (exact) mass is 324 g/mol. The highest BCUT2D eigenvalue weighted by atomic mass is 35.5. The lowest BCUT2D eigenvalue weighted by Gasteiger charge is -2.07. The molecular formula is C12H9ClN4OS2. The number of amides is 1. The van der Waals surface area contributed by atoms with Crippen molar-refractivity contribution in [2.75, 3.05) is 11.1 Å². The van der Waals surface area contributed by atoms with E-state index in [-0.39, 0.29) is 5.91 Å². The van der Waals surface area contributed by atoms with Crippen molar-refractivity contribution in [1.29, 1.82) is 0 Å². The molecule has 0 saturated heterocycles. The molecule has 0 unspecified atom stereocenters. The van der Waals surface area contributed by atoms with Crippen LogP contribution in [0.3, 0.4) is 0 Å². The van der Waals surface area contributed by atoms with Gasteiger partial charge in [0.25, 0.3) is 5.91 Å². The molecule has 1 amide bonds. The Bertz CT molecular complexity index is 811. The van der Waals surface area contributed by atoms with Crippen LogP contribution in [0.2, 0.25) is 5.02 Å². The van der Waals surface area contributed by atoms with Crippen LogP contribution in [0.4, 0.5) is 10.8 Å². The van der Waals surface area contributed by atoms with Crippen LogP contribution in [0, 0.1) is 6.92 Å². The van der Waals surface area contributed by atoms with Crippen molar-refractivity contribution >= 4 is 61.2 Å². The molecule has 5 nitrogen and oxygen atoms in total. The van der Waals surface area contributed by atoms with Crippen LogP contribution in [-0.2, 0) is 0 Å². The first-order valence-electron chi connectivity index (χ1n) is 5.62. The van der Waals surface area contributed by atoms with Crippen LogP contribution in [-0.4, -0.2) is 15.9 Å². The van der Waals surface area contributed by atoms with E-state index in [2.05, 4.69) is 15.3 Å². The number of aryl methyl sites for hydroxylation is 1. The molecule has 3 rings (SSSR count). The summed E-state index contributed by atoms with van der Waals surface area (Å²) < 4.78 is 0.963. The van der Waals surface area contributed by atoms with Gasteiger partial charge in [-0.05, 0) is 19.1 Å². The van der Waals surface area contributed by atoms with Gasteiger partial charge in [-0.3, -0.25) is 4.79 Å². The number of halogens is 1. The maximum Gasteiger partial charge on any atom is 0.267 e. The number of anilines is 2. The van der Waals surface area contributed by atoms with Crippen molar-refractivity contribution in [1.82, 2.24) is 9.97 Å². The van der Waals surface area contributed by atoms with Crippen molar-refractivity contribution in [3.05, 3.63) is 33.2 Å². The summed E-state index contributed by atoms with van der Waals surface area (Å²) in [7, 11) is 0. The fraction of sp³-hybridized carbons (Fsp3) is 0.0833. The molecule has 3 N–H and O–H groups in total. The third-order valence-corrected chi connectivity index (χ3v) is 4.80. The van der Waals surface area contributed by atoms with Crippen molar-refractivity contribution < 1.29 is 4.79 Å². The van der Waals surface area contributed by atoms with E-state index in [1.807, 2.05) is 6.07 Å². The lowest BCUT2D eigenvalue weighted by Crippen LogP contribution is -2.12. The third-order valence-electron chi connectivity index (χ3n) is 2.71. The predicted octanol–water partition coefficient (Wildman–Crippen LogP) is 3.55. The predicted molar refractivity (Wildman–Crippen MR) is 83.8 cm³/mol. The van der Waals surface area contributed by atoms with Gasteiger partial charge in [0.15, 0.2) is 5.13 Å². The lowest BCUT2D eigenvalue weighted by atomic mass is 10.2. The van der Waals surface area contributed by atoms with Gasteiger partial charge in [-0.15, -0.1) is 11.3 Å². The summed E-state index contributed by atoms with van der Waals surface area (Å²) >= 11 is 8.79. The molecule has 20 heavy (non-hydrogen) atoms. The van der Waals surface area contributed by atoms with E-state index in [0.29, 0.717) is 31.9 Å². The average molecular weight is 325 g/mol. The van der Waals surface area contributed by atoms with Crippen molar-refractivity contribution in [3.8, 4) is 0 Å². The van der Waals surface area contributed by atoms with E-state index in [4.69, 9.17) is 17.3 Å². The quantitative estimate of drug-likeness (QED) is 0.755. The number of hydrogen-bond donors (Lipinski definition) is 2. The summed E-state index contributed by atoms with van der Waals surface area (Å²) in [6, 6.07) is 3.62. The molecule has 3 aromatic rings. The number of thiazole rings is 2. The molecule has 0 saturated carbocycles. The number of benzene rings is 1. The molecule has 2 aromatic heterocycles. The number of rotatable bonds is 2. The number of carbonyl (C=O) groups excluding carboxylic acids is 1. The third kappa shape index (κ3) is 2.24. The number of nitrogens with zero attached hydrogens (tertiary/aromatic N) is 2. The Morgan fingerprint density at radius 2 is 2.25 bits per heavy atom. The van der Waals surface area contributed by atoms with Crippen LogP contribution >= 0.6 is 34.3 Å². The smallest absolute Gasteiger partial charge is 0.267 e. The van der Waals surface area contributed by atoms with Gasteiger partial charge >= 0.3 is 0 Å². The SMILES string of the molecule is Cc1nc(N)sc1C(=O)Nc1c(Cl)ccc2scnc12. The molecule has 102 valence electrons. The second-order valence-electron chi connectivity index (χ2n) is 4.04. The van der Waals surface area contributed by atoms with Crippen LogP contribution < -0.4 is 11.1 Å². The Balaban J connectivity index is 2.01. The number of fused-ring (bicyclic) bond motifs is 1. The van der Waals surface area contributed by atoms with Crippen LogP contribution in [0.5, 0.6) is 0 Å². The summed E-state index contributed by atoms with van der Waals surface area (Å²) in [5.74, 6) is -0.279. The summed E-state index contributed by atoms with van der Waals surface area (Å²) in [4.78, 5) is 21.0. The normalized spacial score (nSPS) is 10.9. The minimum atomic E-state index is -0.279. The highest BCUT2D eigenvalue weighted by Crippen LogP contribution is 2.33. The average Bonchev–Trinajstić information content (AvgIpc) is 2.99. The van der Waals surface area contributed by atoms with E-state index in [1.54, 1.807) is 18.5 Å². The van der Waals surface area contributed by atoms with Crippen molar-refractivity contribution in [3.63, 3.8) is 0 Å². The molecule has 1 aromatic carbocycles. The van der Waals surface area contributed by atoms with Crippen LogP contribution in [0.1, 0.15) is 15.4 Å². The van der Waals surface area contributed by atoms with E-state index >= 15 is 0 Å². The van der Waals surface area contributed by atoms with Crippen molar-refractivity contribution in [2.24, 2.45) is 0 Å². The molecule has 0 aliphatic heterocycles. The molecule has 0 fully saturated rings. The number of nitrogens with one attached hydrogen (secondary N) is 1. The molecule has 2 heterocycles. The van der Waals surface area contributed by atoms with E-state index < -0.39 is 0 Å². The fourth-order valence-corrected chi connectivity index (χ4v) is 3.44. The van der Waals surface area contributed by atoms with Gasteiger partial charge in [-0.2, -0.15) is 0 Å². The Hall–Kier alpha value is -1.70. The van der Waals surface area contributed by atoms with E-state index in [0.717, 1.165) is 16.0 Å². The largest absolute Gasteiger partial charge is 0.375 e. The van der Waals surface area contributed by atoms with Crippen LogP contribution in [0.15, 0.2) is 17.6 Å². The van der Waals surface area contributed by atoms with Crippen LogP contribution in [0.25, 0.3) is 10.2 Å². The lowest BCUT2D eigenvalue weighted by molar-refractivity contribution is 0.103. The zero-order valence-electron chi connectivity index (χ0n) is 10.3. The fourth-order valence-electron chi connectivity index (χ4n) is 1.82. The second-order valence-corrected chi connectivity index (χ2v) is 6.37. The summed E-state index contributed by atoms with van der Waals surface area (Å²) in [5.41, 5.74) is 9.13. The molecule has 0 spiro atoms. The molecular weight excluding hydrogens is 316 g/mol. The summed E-state index contributed by atoms with van der Waals surface area (Å²) in [5, 5.41) is 3.62. The van der Waals surface area contributed by atoms with E-state index in [1.165, 1.54) is 11.3 Å². The molecule has 0 atom stereocenters. The van der Waals surface area contributed by atoms with Gasteiger partial charge in [-0.1, -0.05) is 22.9 Å². The number of carbonyl (C=O) groups is 1. The molecule has 0 radical (unpaired) electrons. The minimum absolute atomic E-state index is 0.279. The Morgan fingerprint density at radius 1 is 1.45 bits per heavy atom. The number of nitrogen functional groups attached to an aromatic ring is 1. The van der Waals surface area contributed by atoms with Gasteiger partial charge in [0.2, 0.25) is 0 Å². The first-order chi connectivity index (χ1) is 9.56. The first kappa shape index (κ1) is 13.3. The highest BCUT2D eigenvalue weighted by Gasteiger charge is 2.17. The molecule has 8 heteroatoms. The maximum absolute atomic E-state index is 12.3. The summed E-state index contributed by atoms with van der Waals surface area (Å²) in [6.07, 6.45) is 0. The van der Waals surface area contributed by atoms with E-state index in [9.17, 15) is 4.79 Å². The number of aromatic nitrogens is 2. The Morgan fingerprint density at radius 3 is 2.95 bits per heavy atom. The summed E-state index contributed by atoms with van der Waals surface area (Å²) in [6.45, 7) is 1.74. The molecule has 0 aliphatic carbocycles. The zero-order chi connectivity index (χ0) is 14.3. The topological polar surface area (TPSA) is 80.9 Å². The van der Waals surface area contributed by atoms with Gasteiger partial charge in [0.05, 0.1) is 26.6 Å². The number of nitrogens with two attached hydrogens (primary N) is 1. The van der Waals surface area contributed by atoms with Gasteiger partial charge < -0.3 is 11.1 Å². The van der Waals surface area contributed by atoms with Gasteiger partial charge in [0, 0.05) is 0 Å². The molecule has 0 aliphatic rings. The first-order valence-corrected chi connectivity index (χ1v) is 7.69. The zero-order valence-corrected chi connectivity index (χ0v) is 12.7.